The molecular formula is C19H18N2O4. The highest BCUT2D eigenvalue weighted by atomic mass is 16.5. The van der Waals surface area contributed by atoms with Gasteiger partial charge in [0, 0.05) is 13.0 Å². The van der Waals surface area contributed by atoms with E-state index in [0.29, 0.717) is 0 Å². The number of hydrogen-bond acceptors (Lipinski definition) is 4. The largest absolute Gasteiger partial charge is 0.459 e. The van der Waals surface area contributed by atoms with Crippen LogP contribution in [-0.2, 0) is 20.9 Å². The molecule has 1 aliphatic heterocycles. The van der Waals surface area contributed by atoms with E-state index in [-0.39, 0.29) is 32.0 Å². The van der Waals surface area contributed by atoms with Crippen molar-refractivity contribution >= 4 is 17.9 Å². The average Bonchev–Trinajstić information content (AvgIpc) is 2.63. The molecule has 3 rings (SSSR count). The zero-order valence-corrected chi connectivity index (χ0v) is 13.6. The summed E-state index contributed by atoms with van der Waals surface area (Å²) in [7, 11) is 0. The van der Waals surface area contributed by atoms with Crippen molar-refractivity contribution < 1.29 is 19.1 Å². The van der Waals surface area contributed by atoms with E-state index in [4.69, 9.17) is 4.74 Å². The number of benzene rings is 2. The first-order chi connectivity index (χ1) is 12.1. The molecule has 0 aromatic heterocycles. The topological polar surface area (TPSA) is 75.7 Å². The van der Waals surface area contributed by atoms with E-state index >= 15 is 0 Å². The molecule has 3 amide bonds. The van der Waals surface area contributed by atoms with Gasteiger partial charge in [-0.15, -0.1) is 0 Å². The maximum atomic E-state index is 11.9. The number of amides is 3. The van der Waals surface area contributed by atoms with Crippen LogP contribution < -0.4 is 5.32 Å². The molecule has 0 saturated carbocycles. The number of nitrogens with zero attached hydrogens (tertiary/aromatic N) is 1. The quantitative estimate of drug-likeness (QED) is 0.849. The van der Waals surface area contributed by atoms with Gasteiger partial charge in [-0.3, -0.25) is 14.9 Å². The Bertz CT molecular complexity index is 772. The maximum Gasteiger partial charge on any atom is 0.326 e. The number of urea groups is 1. The Labute approximate surface area is 145 Å². The molecule has 6 nitrogen and oxygen atoms in total. The van der Waals surface area contributed by atoms with Crippen LogP contribution in [0.25, 0.3) is 11.1 Å². The van der Waals surface area contributed by atoms with Crippen LogP contribution in [0.3, 0.4) is 0 Å². The number of esters is 1. The van der Waals surface area contributed by atoms with E-state index in [2.05, 4.69) is 5.32 Å². The van der Waals surface area contributed by atoms with Crippen LogP contribution in [0, 0.1) is 0 Å². The summed E-state index contributed by atoms with van der Waals surface area (Å²) < 4.78 is 5.21. The lowest BCUT2D eigenvalue weighted by atomic mass is 10.0. The third kappa shape index (κ3) is 4.44. The predicted octanol–water partition coefficient (Wildman–Crippen LogP) is 2.34. The van der Waals surface area contributed by atoms with E-state index < -0.39 is 12.0 Å². The fraction of sp³-hybridized carbons (Fsp3) is 0.211. The Hall–Kier alpha value is -3.15. The molecule has 1 aliphatic rings. The molecule has 0 radical (unpaired) electrons. The molecule has 0 spiro atoms. The van der Waals surface area contributed by atoms with Crippen molar-refractivity contribution in [3.05, 3.63) is 60.2 Å². The molecule has 6 heteroatoms. The fourth-order valence-corrected chi connectivity index (χ4v) is 2.54. The van der Waals surface area contributed by atoms with Crippen molar-refractivity contribution in [3.8, 4) is 11.1 Å². The Morgan fingerprint density at radius 3 is 2.36 bits per heavy atom. The Balaban J connectivity index is 1.50. The molecule has 1 N–H and O–H groups in total. The SMILES string of the molecule is O=C1CCN(CC(=O)OCc2ccc(-c3ccccc3)cc2)C(=O)N1. The normalized spacial score (nSPS) is 14.2. The number of rotatable bonds is 5. The van der Waals surface area contributed by atoms with E-state index in [1.165, 1.54) is 4.90 Å². The van der Waals surface area contributed by atoms with Gasteiger partial charge in [0.1, 0.15) is 13.2 Å². The number of ether oxygens (including phenoxy) is 1. The van der Waals surface area contributed by atoms with Gasteiger partial charge in [0.25, 0.3) is 0 Å². The molecule has 0 bridgehead atoms. The van der Waals surface area contributed by atoms with E-state index in [9.17, 15) is 14.4 Å². The van der Waals surface area contributed by atoms with Crippen LogP contribution in [0.1, 0.15) is 12.0 Å². The minimum absolute atomic E-state index is 0.141. The highest BCUT2D eigenvalue weighted by Gasteiger charge is 2.25. The first-order valence-electron chi connectivity index (χ1n) is 8.00. The molecule has 0 aliphatic carbocycles. The first-order valence-corrected chi connectivity index (χ1v) is 8.00. The summed E-state index contributed by atoms with van der Waals surface area (Å²) in [6.45, 7) is 0.203. The second kappa shape index (κ2) is 7.61. The second-order valence-electron chi connectivity index (χ2n) is 5.75. The van der Waals surface area contributed by atoms with Crippen molar-refractivity contribution in [1.29, 1.82) is 0 Å². The van der Waals surface area contributed by atoms with Gasteiger partial charge in [0.05, 0.1) is 0 Å². The maximum absolute atomic E-state index is 11.9. The monoisotopic (exact) mass is 338 g/mol. The molecular weight excluding hydrogens is 320 g/mol. The standard InChI is InChI=1S/C19H18N2O4/c22-17-10-11-21(19(24)20-17)12-18(23)25-13-14-6-8-16(9-7-14)15-4-2-1-3-5-15/h1-9H,10-13H2,(H,20,22,24). The molecule has 1 saturated heterocycles. The van der Waals surface area contributed by atoms with Gasteiger partial charge in [0.2, 0.25) is 5.91 Å². The van der Waals surface area contributed by atoms with Gasteiger partial charge in [-0.25, -0.2) is 4.79 Å². The smallest absolute Gasteiger partial charge is 0.326 e. The van der Waals surface area contributed by atoms with Crippen LogP contribution in [0.2, 0.25) is 0 Å². The lowest BCUT2D eigenvalue weighted by molar-refractivity contribution is -0.146. The van der Waals surface area contributed by atoms with Gasteiger partial charge >= 0.3 is 12.0 Å². The second-order valence-corrected chi connectivity index (χ2v) is 5.75. The molecule has 2 aromatic carbocycles. The van der Waals surface area contributed by atoms with E-state index in [1.807, 2.05) is 54.6 Å². The van der Waals surface area contributed by atoms with Crippen molar-refractivity contribution in [2.24, 2.45) is 0 Å². The van der Waals surface area contributed by atoms with Gasteiger partial charge in [-0.05, 0) is 16.7 Å². The van der Waals surface area contributed by atoms with Crippen molar-refractivity contribution in [1.82, 2.24) is 10.2 Å². The lowest BCUT2D eigenvalue weighted by Crippen LogP contribution is -2.51. The van der Waals surface area contributed by atoms with Crippen molar-refractivity contribution in [2.75, 3.05) is 13.1 Å². The van der Waals surface area contributed by atoms with Crippen LogP contribution in [0.5, 0.6) is 0 Å². The summed E-state index contributed by atoms with van der Waals surface area (Å²) >= 11 is 0. The third-order valence-corrected chi connectivity index (χ3v) is 3.92. The summed E-state index contributed by atoms with van der Waals surface area (Å²) in [6, 6.07) is 17.2. The molecule has 128 valence electrons. The molecule has 0 unspecified atom stereocenters. The molecule has 1 heterocycles. The predicted molar refractivity (Wildman–Crippen MR) is 91.4 cm³/mol. The highest BCUT2D eigenvalue weighted by Crippen LogP contribution is 2.19. The van der Waals surface area contributed by atoms with Gasteiger partial charge in [0.15, 0.2) is 0 Å². The Morgan fingerprint density at radius 2 is 1.68 bits per heavy atom. The fourth-order valence-electron chi connectivity index (χ4n) is 2.54. The summed E-state index contributed by atoms with van der Waals surface area (Å²) in [5.41, 5.74) is 3.08. The number of hydrogen-bond donors (Lipinski definition) is 1. The van der Waals surface area contributed by atoms with Gasteiger partial charge < -0.3 is 9.64 Å². The Morgan fingerprint density at radius 1 is 1.00 bits per heavy atom. The minimum atomic E-state index is -0.555. The first kappa shape index (κ1) is 16.7. The highest BCUT2D eigenvalue weighted by molar-refractivity contribution is 5.97. The molecule has 25 heavy (non-hydrogen) atoms. The van der Waals surface area contributed by atoms with Crippen LogP contribution >= 0.6 is 0 Å². The number of imide groups is 1. The number of carbonyl (C=O) groups excluding carboxylic acids is 3. The summed E-state index contributed by atoms with van der Waals surface area (Å²) in [5, 5.41) is 2.17. The van der Waals surface area contributed by atoms with Crippen LogP contribution in [0.15, 0.2) is 54.6 Å². The van der Waals surface area contributed by atoms with E-state index in [0.717, 1.165) is 16.7 Å². The summed E-state index contributed by atoms with van der Waals surface area (Å²) in [4.78, 5) is 35.8. The Kier molecular flexibility index (Phi) is 5.09. The number of nitrogens with one attached hydrogen (secondary N) is 1. The zero-order valence-electron chi connectivity index (χ0n) is 13.6. The summed E-state index contributed by atoms with van der Waals surface area (Å²) in [5.74, 6) is -0.829. The molecule has 1 fully saturated rings. The molecule has 2 aromatic rings. The summed E-state index contributed by atoms with van der Waals surface area (Å²) in [6.07, 6.45) is 0.194. The van der Waals surface area contributed by atoms with Crippen LogP contribution in [-0.4, -0.2) is 35.9 Å². The molecule has 0 atom stereocenters. The number of carbonyl (C=O) groups is 3. The average molecular weight is 338 g/mol. The minimum Gasteiger partial charge on any atom is -0.459 e. The van der Waals surface area contributed by atoms with E-state index in [1.54, 1.807) is 0 Å². The zero-order chi connectivity index (χ0) is 17.6. The van der Waals surface area contributed by atoms with Gasteiger partial charge in [-0.2, -0.15) is 0 Å². The van der Waals surface area contributed by atoms with Gasteiger partial charge in [-0.1, -0.05) is 54.6 Å². The third-order valence-electron chi connectivity index (χ3n) is 3.92. The lowest BCUT2D eigenvalue weighted by Gasteiger charge is -2.25. The van der Waals surface area contributed by atoms with Crippen LogP contribution in [0.4, 0.5) is 4.79 Å². The van der Waals surface area contributed by atoms with Crippen molar-refractivity contribution in [2.45, 2.75) is 13.0 Å². The van der Waals surface area contributed by atoms with Crippen molar-refractivity contribution in [3.63, 3.8) is 0 Å².